The van der Waals surface area contributed by atoms with E-state index < -0.39 is 0 Å². The highest BCUT2D eigenvalue weighted by Gasteiger charge is 2.32. The van der Waals surface area contributed by atoms with Gasteiger partial charge in [-0.1, -0.05) is 12.8 Å². The van der Waals surface area contributed by atoms with E-state index in [0.717, 1.165) is 12.5 Å². The molecule has 0 aromatic rings. The van der Waals surface area contributed by atoms with Gasteiger partial charge in [0.25, 0.3) is 0 Å². The molecule has 0 bridgehead atoms. The first kappa shape index (κ1) is 12.0. The molecule has 0 spiro atoms. The maximum atomic E-state index is 5.81. The zero-order valence-electron chi connectivity index (χ0n) is 9.68. The molecule has 0 amide bonds. The van der Waals surface area contributed by atoms with Gasteiger partial charge in [0.15, 0.2) is 0 Å². The van der Waals surface area contributed by atoms with Crippen LogP contribution in [0.15, 0.2) is 0 Å². The summed E-state index contributed by atoms with van der Waals surface area (Å²) in [6, 6.07) is 0. The van der Waals surface area contributed by atoms with Crippen molar-refractivity contribution in [3.63, 3.8) is 0 Å². The third kappa shape index (κ3) is 3.95. The van der Waals surface area contributed by atoms with Crippen LogP contribution in [0.2, 0.25) is 0 Å². The highest BCUT2D eigenvalue weighted by molar-refractivity contribution is 4.91. The topological polar surface area (TPSA) is 47.3 Å². The average molecular weight is 200 g/mol. The standard InChI is InChI=1S/C11H24N2O/c1-9(14-3)7-13-11(2,8-12)6-10-4-5-10/h9-10,13H,4-8,12H2,1-3H3. The molecule has 0 radical (unpaired) electrons. The molecule has 1 saturated carbocycles. The molecule has 1 rings (SSSR count). The molecule has 0 aromatic carbocycles. The molecule has 0 aliphatic heterocycles. The van der Waals surface area contributed by atoms with E-state index in [4.69, 9.17) is 10.5 Å². The summed E-state index contributed by atoms with van der Waals surface area (Å²) in [7, 11) is 1.74. The fourth-order valence-corrected chi connectivity index (χ4v) is 1.66. The molecule has 2 unspecified atom stereocenters. The van der Waals surface area contributed by atoms with Gasteiger partial charge in [-0.05, 0) is 26.2 Å². The summed E-state index contributed by atoms with van der Waals surface area (Å²) in [4.78, 5) is 0. The molecule has 3 heteroatoms. The van der Waals surface area contributed by atoms with Crippen LogP contribution in [0.4, 0.5) is 0 Å². The molecule has 14 heavy (non-hydrogen) atoms. The van der Waals surface area contributed by atoms with E-state index in [-0.39, 0.29) is 11.6 Å². The average Bonchev–Trinajstić information content (AvgIpc) is 2.98. The summed E-state index contributed by atoms with van der Waals surface area (Å²) in [5.74, 6) is 0.911. The second-order valence-corrected chi connectivity index (χ2v) is 4.84. The van der Waals surface area contributed by atoms with Crippen molar-refractivity contribution in [2.45, 2.75) is 44.8 Å². The van der Waals surface area contributed by atoms with Gasteiger partial charge < -0.3 is 15.8 Å². The molecule has 0 aromatic heterocycles. The van der Waals surface area contributed by atoms with E-state index in [1.54, 1.807) is 7.11 Å². The minimum atomic E-state index is 0.105. The molecule has 1 aliphatic rings. The van der Waals surface area contributed by atoms with Crippen molar-refractivity contribution in [2.75, 3.05) is 20.2 Å². The Kier molecular flexibility index (Phi) is 4.35. The first-order valence-corrected chi connectivity index (χ1v) is 5.57. The third-order valence-electron chi connectivity index (χ3n) is 3.11. The minimum Gasteiger partial charge on any atom is -0.380 e. The molecule has 0 heterocycles. The van der Waals surface area contributed by atoms with Crippen molar-refractivity contribution in [3.05, 3.63) is 0 Å². The molecular formula is C11H24N2O. The number of methoxy groups -OCH3 is 1. The highest BCUT2D eigenvalue weighted by Crippen LogP contribution is 2.36. The van der Waals surface area contributed by atoms with Gasteiger partial charge in [0, 0.05) is 25.7 Å². The first-order valence-electron chi connectivity index (χ1n) is 5.57. The Hall–Kier alpha value is -0.120. The number of hydrogen-bond acceptors (Lipinski definition) is 3. The van der Waals surface area contributed by atoms with Crippen LogP contribution in [0.5, 0.6) is 0 Å². The second kappa shape index (κ2) is 5.10. The minimum absolute atomic E-state index is 0.105. The van der Waals surface area contributed by atoms with Crippen molar-refractivity contribution in [3.8, 4) is 0 Å². The van der Waals surface area contributed by atoms with Gasteiger partial charge in [0.05, 0.1) is 6.10 Å². The number of nitrogens with two attached hydrogens (primary N) is 1. The quantitative estimate of drug-likeness (QED) is 0.647. The van der Waals surface area contributed by atoms with Crippen LogP contribution in [0.25, 0.3) is 0 Å². The lowest BCUT2D eigenvalue weighted by molar-refractivity contribution is 0.107. The lowest BCUT2D eigenvalue weighted by Gasteiger charge is -2.31. The van der Waals surface area contributed by atoms with Gasteiger partial charge in [0.1, 0.15) is 0 Å². The summed E-state index contributed by atoms with van der Waals surface area (Å²) >= 11 is 0. The monoisotopic (exact) mass is 200 g/mol. The van der Waals surface area contributed by atoms with Crippen LogP contribution in [0.3, 0.4) is 0 Å². The van der Waals surface area contributed by atoms with E-state index in [1.165, 1.54) is 19.3 Å². The summed E-state index contributed by atoms with van der Waals surface area (Å²) < 4.78 is 5.21. The van der Waals surface area contributed by atoms with Crippen LogP contribution in [-0.2, 0) is 4.74 Å². The lowest BCUT2D eigenvalue weighted by Crippen LogP contribution is -2.51. The molecule has 1 fully saturated rings. The Balaban J connectivity index is 2.27. The normalized spacial score (nSPS) is 23.1. The summed E-state index contributed by atoms with van der Waals surface area (Å²) in [5.41, 5.74) is 5.91. The van der Waals surface area contributed by atoms with E-state index in [9.17, 15) is 0 Å². The lowest BCUT2D eigenvalue weighted by atomic mass is 9.94. The van der Waals surface area contributed by atoms with Crippen molar-refractivity contribution in [1.82, 2.24) is 5.32 Å². The van der Waals surface area contributed by atoms with E-state index in [2.05, 4.69) is 19.2 Å². The van der Waals surface area contributed by atoms with E-state index >= 15 is 0 Å². The fraction of sp³-hybridized carbons (Fsp3) is 1.00. The Morgan fingerprint density at radius 2 is 2.21 bits per heavy atom. The molecule has 2 atom stereocenters. The zero-order valence-corrected chi connectivity index (χ0v) is 9.68. The van der Waals surface area contributed by atoms with Gasteiger partial charge in [0.2, 0.25) is 0 Å². The van der Waals surface area contributed by atoms with Crippen molar-refractivity contribution < 1.29 is 4.74 Å². The van der Waals surface area contributed by atoms with Crippen molar-refractivity contribution >= 4 is 0 Å². The Morgan fingerprint density at radius 3 is 2.64 bits per heavy atom. The maximum absolute atomic E-state index is 5.81. The Morgan fingerprint density at radius 1 is 1.57 bits per heavy atom. The van der Waals surface area contributed by atoms with Crippen LogP contribution in [0, 0.1) is 5.92 Å². The van der Waals surface area contributed by atoms with Gasteiger partial charge in [-0.2, -0.15) is 0 Å². The molecule has 0 saturated heterocycles. The van der Waals surface area contributed by atoms with Gasteiger partial charge >= 0.3 is 0 Å². The summed E-state index contributed by atoms with van der Waals surface area (Å²) in [5, 5.41) is 3.52. The number of nitrogens with one attached hydrogen (secondary N) is 1. The van der Waals surface area contributed by atoms with Gasteiger partial charge in [-0.25, -0.2) is 0 Å². The molecule has 84 valence electrons. The predicted octanol–water partition coefficient (Wildman–Crippen LogP) is 1.13. The highest BCUT2D eigenvalue weighted by atomic mass is 16.5. The van der Waals surface area contributed by atoms with Crippen molar-refractivity contribution in [2.24, 2.45) is 11.7 Å². The molecule has 3 N–H and O–H groups in total. The van der Waals surface area contributed by atoms with Crippen LogP contribution in [-0.4, -0.2) is 31.8 Å². The largest absolute Gasteiger partial charge is 0.380 e. The number of ether oxygens (including phenoxy) is 1. The Labute approximate surface area is 87.4 Å². The van der Waals surface area contributed by atoms with Crippen molar-refractivity contribution in [1.29, 1.82) is 0 Å². The van der Waals surface area contributed by atoms with E-state index in [1.807, 2.05) is 0 Å². The number of rotatable bonds is 7. The second-order valence-electron chi connectivity index (χ2n) is 4.84. The number of hydrogen-bond donors (Lipinski definition) is 2. The molecular weight excluding hydrogens is 176 g/mol. The third-order valence-corrected chi connectivity index (χ3v) is 3.11. The smallest absolute Gasteiger partial charge is 0.0667 e. The van der Waals surface area contributed by atoms with Crippen LogP contribution in [0.1, 0.15) is 33.1 Å². The maximum Gasteiger partial charge on any atom is 0.0667 e. The molecule has 1 aliphatic carbocycles. The Bertz CT molecular complexity index is 171. The predicted molar refractivity (Wildman–Crippen MR) is 59.3 cm³/mol. The fourth-order valence-electron chi connectivity index (χ4n) is 1.66. The molecule has 3 nitrogen and oxygen atoms in total. The van der Waals surface area contributed by atoms with Gasteiger partial charge in [-0.3, -0.25) is 0 Å². The SMILES string of the molecule is COC(C)CNC(C)(CN)CC1CC1. The van der Waals surface area contributed by atoms with E-state index in [0.29, 0.717) is 6.54 Å². The van der Waals surface area contributed by atoms with Crippen LogP contribution < -0.4 is 11.1 Å². The summed E-state index contributed by atoms with van der Waals surface area (Å²) in [6.45, 7) is 5.88. The zero-order chi connectivity index (χ0) is 10.6. The first-order chi connectivity index (χ1) is 6.59. The summed E-state index contributed by atoms with van der Waals surface area (Å²) in [6.07, 6.45) is 4.24. The van der Waals surface area contributed by atoms with Crippen LogP contribution >= 0.6 is 0 Å². The van der Waals surface area contributed by atoms with Gasteiger partial charge in [-0.15, -0.1) is 0 Å².